The number of anilines is 1. The summed E-state index contributed by atoms with van der Waals surface area (Å²) in [5.74, 6) is 0.174. The molecule has 2 heterocycles. The highest BCUT2D eigenvalue weighted by atomic mass is 32.2. The molecular weight excluding hydrogens is 518 g/mol. The minimum Gasteiger partial charge on any atom is -0.484 e. The quantitative estimate of drug-likeness (QED) is 0.440. The molecule has 0 radical (unpaired) electrons. The maximum Gasteiger partial charge on any atom is 0.265 e. The first-order valence-electron chi connectivity index (χ1n) is 13.0. The van der Waals surface area contributed by atoms with E-state index < -0.39 is 16.1 Å². The summed E-state index contributed by atoms with van der Waals surface area (Å²) in [7, 11) is -3.52. The second-order valence-electron chi connectivity index (χ2n) is 9.48. The molecule has 1 fully saturated rings. The second kappa shape index (κ2) is 11.9. The van der Waals surface area contributed by atoms with Crippen LogP contribution in [0.2, 0.25) is 0 Å². The van der Waals surface area contributed by atoms with E-state index in [2.05, 4.69) is 5.32 Å². The molecule has 3 aromatic rings. The summed E-state index contributed by atoms with van der Waals surface area (Å²) in [5, 5.41) is 2.90. The summed E-state index contributed by atoms with van der Waals surface area (Å²) in [6.07, 6.45) is 1.55. The van der Waals surface area contributed by atoms with E-state index in [1.807, 2.05) is 30.3 Å². The van der Waals surface area contributed by atoms with Gasteiger partial charge in [-0.25, -0.2) is 8.42 Å². The number of hydrogen-bond donors (Lipinski definition) is 1. The first-order valence-corrected chi connectivity index (χ1v) is 14.5. The van der Waals surface area contributed by atoms with Gasteiger partial charge in [0.05, 0.1) is 17.1 Å². The van der Waals surface area contributed by atoms with E-state index >= 15 is 0 Å². The number of rotatable bonds is 9. The highest BCUT2D eigenvalue weighted by molar-refractivity contribution is 7.89. The zero-order valence-corrected chi connectivity index (χ0v) is 22.3. The highest BCUT2D eigenvalue weighted by Gasteiger charge is 2.34. The van der Waals surface area contributed by atoms with Crippen LogP contribution in [0, 0.1) is 0 Å². The van der Waals surface area contributed by atoms with Crippen molar-refractivity contribution in [3.63, 3.8) is 0 Å². The summed E-state index contributed by atoms with van der Waals surface area (Å²) in [5.41, 5.74) is 1.68. The minimum absolute atomic E-state index is 0.0450. The maximum atomic E-state index is 13.2. The normalized spacial score (nSPS) is 17.2. The fourth-order valence-electron chi connectivity index (χ4n) is 4.70. The second-order valence-corrected chi connectivity index (χ2v) is 11.4. The number of carbonyl (C=O) groups is 2. The van der Waals surface area contributed by atoms with Gasteiger partial charge in [-0.2, -0.15) is 4.31 Å². The molecular formula is C29H31N3O6S. The Morgan fingerprint density at radius 2 is 1.62 bits per heavy atom. The maximum absolute atomic E-state index is 13.2. The van der Waals surface area contributed by atoms with Crippen molar-refractivity contribution in [3.8, 4) is 11.5 Å². The van der Waals surface area contributed by atoms with Gasteiger partial charge in [-0.05, 0) is 61.2 Å². The van der Waals surface area contributed by atoms with E-state index in [0.29, 0.717) is 43.2 Å². The van der Waals surface area contributed by atoms with E-state index in [0.717, 1.165) is 18.4 Å². The Bertz CT molecular complexity index is 1410. The molecule has 1 saturated heterocycles. The van der Waals surface area contributed by atoms with Gasteiger partial charge in [-0.15, -0.1) is 0 Å². The van der Waals surface area contributed by atoms with E-state index in [4.69, 9.17) is 9.47 Å². The number of sulfonamides is 1. The van der Waals surface area contributed by atoms with Crippen LogP contribution < -0.4 is 19.7 Å². The molecule has 0 bridgehead atoms. The third-order valence-electron chi connectivity index (χ3n) is 6.81. The predicted molar refractivity (Wildman–Crippen MR) is 146 cm³/mol. The van der Waals surface area contributed by atoms with Crippen molar-refractivity contribution in [2.45, 2.75) is 30.3 Å². The predicted octanol–water partition coefficient (Wildman–Crippen LogP) is 3.00. The van der Waals surface area contributed by atoms with Crippen LogP contribution in [-0.2, 0) is 26.0 Å². The van der Waals surface area contributed by atoms with Gasteiger partial charge < -0.3 is 19.7 Å². The molecule has 39 heavy (non-hydrogen) atoms. The van der Waals surface area contributed by atoms with Gasteiger partial charge in [0.15, 0.2) is 12.7 Å². The van der Waals surface area contributed by atoms with Crippen LogP contribution in [-0.4, -0.2) is 63.4 Å². The minimum atomic E-state index is -3.52. The molecule has 9 nitrogen and oxygen atoms in total. The Morgan fingerprint density at radius 1 is 0.923 bits per heavy atom. The molecule has 5 rings (SSSR count). The van der Waals surface area contributed by atoms with Gasteiger partial charge >= 0.3 is 0 Å². The number of para-hydroxylation sites is 2. The van der Waals surface area contributed by atoms with Gasteiger partial charge in [-0.3, -0.25) is 9.59 Å². The molecule has 10 heteroatoms. The van der Waals surface area contributed by atoms with Gasteiger partial charge in [0.1, 0.15) is 11.5 Å². The molecule has 1 N–H and O–H groups in total. The van der Waals surface area contributed by atoms with Crippen molar-refractivity contribution in [3.05, 3.63) is 84.4 Å². The van der Waals surface area contributed by atoms with E-state index in [1.165, 1.54) is 21.3 Å². The fourth-order valence-corrected chi connectivity index (χ4v) is 6.22. The van der Waals surface area contributed by atoms with Crippen LogP contribution in [0.25, 0.3) is 0 Å². The van der Waals surface area contributed by atoms with E-state index in [9.17, 15) is 18.0 Å². The smallest absolute Gasteiger partial charge is 0.265 e. The van der Waals surface area contributed by atoms with Crippen LogP contribution in [0.3, 0.4) is 0 Å². The molecule has 2 aliphatic heterocycles. The van der Waals surface area contributed by atoms with Crippen molar-refractivity contribution < 1.29 is 27.5 Å². The van der Waals surface area contributed by atoms with Gasteiger partial charge in [0.25, 0.3) is 11.8 Å². The monoisotopic (exact) mass is 549 g/mol. The number of nitrogens with zero attached hydrogens (tertiary/aromatic N) is 2. The molecule has 1 unspecified atom stereocenters. The Kier molecular flexibility index (Phi) is 8.13. The van der Waals surface area contributed by atoms with Crippen LogP contribution in [0.1, 0.15) is 18.4 Å². The Balaban J connectivity index is 1.20. The largest absolute Gasteiger partial charge is 0.484 e. The number of amides is 2. The van der Waals surface area contributed by atoms with Crippen molar-refractivity contribution in [2.75, 3.05) is 37.7 Å². The molecule has 0 aromatic heterocycles. The SMILES string of the molecule is O=C(NCCc1ccccc1)C1CN(C(=O)COc2ccc(S(=O)(=O)N3CCCC3)cc2)c2ccccc2O1. The number of carbonyl (C=O) groups excluding carboxylic acids is 2. The lowest BCUT2D eigenvalue weighted by molar-refractivity contribution is -0.128. The number of nitrogens with one attached hydrogen (secondary N) is 1. The Labute approximate surface area is 228 Å². The first-order chi connectivity index (χ1) is 18.9. The third kappa shape index (κ3) is 6.23. The molecule has 2 aliphatic rings. The zero-order chi connectivity index (χ0) is 27.2. The summed E-state index contributed by atoms with van der Waals surface area (Å²) < 4.78 is 38.6. The number of benzene rings is 3. The van der Waals surface area contributed by atoms with E-state index in [-0.39, 0.29) is 29.9 Å². The third-order valence-corrected chi connectivity index (χ3v) is 8.72. The van der Waals surface area contributed by atoms with Crippen molar-refractivity contribution in [1.82, 2.24) is 9.62 Å². The summed E-state index contributed by atoms with van der Waals surface area (Å²) in [6, 6.07) is 23.0. The van der Waals surface area contributed by atoms with E-state index in [1.54, 1.807) is 36.4 Å². The summed E-state index contributed by atoms with van der Waals surface area (Å²) >= 11 is 0. The fraction of sp³-hybridized carbons (Fsp3) is 0.310. The van der Waals surface area contributed by atoms with Gasteiger partial charge in [0.2, 0.25) is 10.0 Å². The van der Waals surface area contributed by atoms with Crippen LogP contribution >= 0.6 is 0 Å². The molecule has 204 valence electrons. The molecule has 0 aliphatic carbocycles. The van der Waals surface area contributed by atoms with Crippen LogP contribution in [0.15, 0.2) is 83.8 Å². The van der Waals surface area contributed by atoms with Crippen molar-refractivity contribution in [2.24, 2.45) is 0 Å². The van der Waals surface area contributed by atoms with Crippen molar-refractivity contribution in [1.29, 1.82) is 0 Å². The average Bonchev–Trinajstić information content (AvgIpc) is 3.52. The van der Waals surface area contributed by atoms with Gasteiger partial charge in [-0.1, -0.05) is 42.5 Å². The standard InChI is InChI=1S/C29H31N3O6S/c33-28(21-37-23-12-14-24(15-13-23)39(35,36)31-18-6-7-19-31)32-20-27(38-26-11-5-4-10-25(26)32)29(34)30-17-16-22-8-2-1-3-9-22/h1-5,8-15,27H,6-7,16-21H2,(H,30,34). The lowest BCUT2D eigenvalue weighted by atomic mass is 10.1. The van der Waals surface area contributed by atoms with Crippen LogP contribution in [0.4, 0.5) is 5.69 Å². The highest BCUT2D eigenvalue weighted by Crippen LogP contribution is 2.33. The summed E-state index contributed by atoms with van der Waals surface area (Å²) in [4.78, 5) is 27.8. The van der Waals surface area contributed by atoms with Gasteiger partial charge in [0, 0.05) is 19.6 Å². The lowest BCUT2D eigenvalue weighted by Crippen LogP contribution is -2.52. The average molecular weight is 550 g/mol. The molecule has 0 spiro atoms. The van der Waals surface area contributed by atoms with Crippen molar-refractivity contribution >= 4 is 27.5 Å². The molecule has 2 amide bonds. The molecule has 1 atom stereocenters. The first kappa shape index (κ1) is 26.7. The number of hydrogen-bond acceptors (Lipinski definition) is 6. The topological polar surface area (TPSA) is 105 Å². The molecule has 3 aromatic carbocycles. The zero-order valence-electron chi connectivity index (χ0n) is 21.5. The Morgan fingerprint density at radius 3 is 2.36 bits per heavy atom. The van der Waals surface area contributed by atoms with Crippen LogP contribution in [0.5, 0.6) is 11.5 Å². The lowest BCUT2D eigenvalue weighted by Gasteiger charge is -2.34. The molecule has 0 saturated carbocycles. The number of fused-ring (bicyclic) bond motifs is 1. The Hall–Kier alpha value is -3.89. The summed E-state index contributed by atoms with van der Waals surface area (Å²) in [6.45, 7) is 1.27. The number of ether oxygens (including phenoxy) is 2.